The minimum absolute atomic E-state index is 0.0627. The minimum Gasteiger partial charge on any atom is -0.462 e. The number of hydrogen-bond donors (Lipinski definition) is 0. The molecule has 0 aliphatic rings. The summed E-state index contributed by atoms with van der Waals surface area (Å²) in [6, 6.07) is 0. The van der Waals surface area contributed by atoms with Gasteiger partial charge in [-0.2, -0.15) is 0 Å². The van der Waals surface area contributed by atoms with Gasteiger partial charge in [0, 0.05) is 19.3 Å². The van der Waals surface area contributed by atoms with Crippen LogP contribution in [0, 0.1) is 5.92 Å². The molecule has 0 heterocycles. The molecule has 6 nitrogen and oxygen atoms in total. The lowest BCUT2D eigenvalue weighted by molar-refractivity contribution is -0.167. The first-order valence-corrected chi connectivity index (χ1v) is 26.9. The van der Waals surface area contributed by atoms with Gasteiger partial charge in [0.15, 0.2) is 6.10 Å². The molecule has 0 amide bonds. The molecule has 0 aliphatic heterocycles. The van der Waals surface area contributed by atoms with E-state index >= 15 is 0 Å². The molecule has 0 aliphatic carbocycles. The third-order valence-corrected chi connectivity index (χ3v) is 12.3. The average Bonchev–Trinajstić information content (AvgIpc) is 3.23. The zero-order valence-electron chi connectivity index (χ0n) is 40.9. The first-order chi connectivity index (χ1) is 29.4. The molecule has 0 radical (unpaired) electrons. The van der Waals surface area contributed by atoms with Gasteiger partial charge in [0.1, 0.15) is 13.2 Å². The van der Waals surface area contributed by atoms with E-state index in [1.165, 1.54) is 199 Å². The van der Waals surface area contributed by atoms with Crippen LogP contribution >= 0.6 is 0 Å². The highest BCUT2D eigenvalue weighted by molar-refractivity contribution is 5.71. The summed E-state index contributed by atoms with van der Waals surface area (Å²) < 4.78 is 16.8. The normalized spacial score (nSPS) is 11.9. The van der Waals surface area contributed by atoms with Crippen molar-refractivity contribution in [2.24, 2.45) is 5.92 Å². The van der Waals surface area contributed by atoms with Crippen molar-refractivity contribution in [2.75, 3.05) is 13.2 Å². The summed E-state index contributed by atoms with van der Waals surface area (Å²) in [6.45, 7) is 9.02. The summed E-state index contributed by atoms with van der Waals surface area (Å²) >= 11 is 0. The maximum absolute atomic E-state index is 12.8. The van der Waals surface area contributed by atoms with E-state index in [9.17, 15) is 14.4 Å². The SMILES string of the molecule is CCCCCCCCCCCCCCCCCCCCC(=O)OC[C@@H](COC(=O)CCCCCCCCCCCCC)OC(=O)CCCCCCCCCCCCC(C)C. The number of carbonyl (C=O) groups is 3. The maximum atomic E-state index is 12.8. The smallest absolute Gasteiger partial charge is 0.306 e. The second-order valence-corrected chi connectivity index (χ2v) is 19.0. The van der Waals surface area contributed by atoms with Crippen LogP contribution in [0.1, 0.15) is 304 Å². The molecule has 6 heteroatoms. The van der Waals surface area contributed by atoms with Crippen molar-refractivity contribution >= 4 is 17.9 Å². The summed E-state index contributed by atoms with van der Waals surface area (Å²) in [5.74, 6) is -0.0272. The number of rotatable bonds is 49. The van der Waals surface area contributed by atoms with Gasteiger partial charge < -0.3 is 14.2 Å². The lowest BCUT2D eigenvalue weighted by Gasteiger charge is -2.18. The van der Waals surface area contributed by atoms with Crippen LogP contribution in [0.2, 0.25) is 0 Å². The molecule has 0 aromatic rings. The van der Waals surface area contributed by atoms with Crippen LogP contribution in [0.25, 0.3) is 0 Å². The Hall–Kier alpha value is -1.59. The minimum atomic E-state index is -0.761. The van der Waals surface area contributed by atoms with Crippen LogP contribution in [-0.2, 0) is 28.6 Å². The van der Waals surface area contributed by atoms with Crippen molar-refractivity contribution < 1.29 is 28.6 Å². The van der Waals surface area contributed by atoms with Crippen LogP contribution in [0.3, 0.4) is 0 Å². The van der Waals surface area contributed by atoms with Crippen LogP contribution in [-0.4, -0.2) is 37.2 Å². The van der Waals surface area contributed by atoms with E-state index in [2.05, 4.69) is 27.7 Å². The fourth-order valence-corrected chi connectivity index (χ4v) is 8.22. The average molecular weight is 849 g/mol. The van der Waals surface area contributed by atoms with Crippen molar-refractivity contribution in [1.29, 1.82) is 0 Å². The van der Waals surface area contributed by atoms with Crippen molar-refractivity contribution in [1.82, 2.24) is 0 Å². The Labute approximate surface area is 374 Å². The van der Waals surface area contributed by atoms with Crippen molar-refractivity contribution in [3.8, 4) is 0 Å². The van der Waals surface area contributed by atoms with E-state index in [1.54, 1.807) is 0 Å². The molecule has 0 saturated heterocycles. The Morgan fingerprint density at radius 3 is 0.817 bits per heavy atom. The lowest BCUT2D eigenvalue weighted by Crippen LogP contribution is -2.30. The van der Waals surface area contributed by atoms with Gasteiger partial charge in [-0.3, -0.25) is 14.4 Å². The van der Waals surface area contributed by atoms with E-state index in [-0.39, 0.29) is 31.1 Å². The fourth-order valence-electron chi connectivity index (χ4n) is 8.22. The molecular formula is C54H104O6. The second-order valence-electron chi connectivity index (χ2n) is 19.0. The highest BCUT2D eigenvalue weighted by Gasteiger charge is 2.19. The van der Waals surface area contributed by atoms with E-state index < -0.39 is 6.10 Å². The number of hydrogen-bond acceptors (Lipinski definition) is 6. The van der Waals surface area contributed by atoms with Gasteiger partial charge in [-0.05, 0) is 25.2 Å². The van der Waals surface area contributed by atoms with Gasteiger partial charge in [0.25, 0.3) is 0 Å². The van der Waals surface area contributed by atoms with E-state index in [0.717, 1.165) is 63.7 Å². The topological polar surface area (TPSA) is 78.9 Å². The number of unbranched alkanes of at least 4 members (excludes halogenated alkanes) is 36. The molecule has 0 saturated carbocycles. The lowest BCUT2D eigenvalue weighted by atomic mass is 10.0. The Morgan fingerprint density at radius 1 is 0.317 bits per heavy atom. The number of carbonyl (C=O) groups excluding carboxylic acids is 3. The van der Waals surface area contributed by atoms with Gasteiger partial charge in [0.2, 0.25) is 0 Å². The largest absolute Gasteiger partial charge is 0.462 e. The van der Waals surface area contributed by atoms with E-state index in [1.807, 2.05) is 0 Å². The summed E-state index contributed by atoms with van der Waals surface area (Å²) in [7, 11) is 0. The molecule has 0 rings (SSSR count). The molecule has 0 aromatic carbocycles. The van der Waals surface area contributed by atoms with Crippen molar-refractivity contribution in [3.05, 3.63) is 0 Å². The molecular weight excluding hydrogens is 745 g/mol. The monoisotopic (exact) mass is 849 g/mol. The first-order valence-electron chi connectivity index (χ1n) is 26.9. The van der Waals surface area contributed by atoms with Crippen LogP contribution < -0.4 is 0 Å². The van der Waals surface area contributed by atoms with Crippen LogP contribution in [0.4, 0.5) is 0 Å². The molecule has 60 heavy (non-hydrogen) atoms. The van der Waals surface area contributed by atoms with Gasteiger partial charge in [-0.25, -0.2) is 0 Å². The zero-order chi connectivity index (χ0) is 43.8. The third-order valence-electron chi connectivity index (χ3n) is 12.3. The van der Waals surface area contributed by atoms with Gasteiger partial charge in [0.05, 0.1) is 0 Å². The number of esters is 3. The zero-order valence-corrected chi connectivity index (χ0v) is 40.9. The molecule has 0 aromatic heterocycles. The molecule has 1 atom stereocenters. The number of ether oxygens (including phenoxy) is 3. The van der Waals surface area contributed by atoms with Crippen molar-refractivity contribution in [2.45, 2.75) is 310 Å². The van der Waals surface area contributed by atoms with Crippen molar-refractivity contribution in [3.63, 3.8) is 0 Å². The highest BCUT2D eigenvalue weighted by atomic mass is 16.6. The molecule has 0 fully saturated rings. The van der Waals surface area contributed by atoms with Gasteiger partial charge in [-0.1, -0.05) is 265 Å². The van der Waals surface area contributed by atoms with Gasteiger partial charge >= 0.3 is 17.9 Å². The molecule has 0 bridgehead atoms. The van der Waals surface area contributed by atoms with Gasteiger partial charge in [-0.15, -0.1) is 0 Å². The van der Waals surface area contributed by atoms with E-state index in [4.69, 9.17) is 14.2 Å². The Morgan fingerprint density at radius 2 is 0.550 bits per heavy atom. The Kier molecular flexibility index (Phi) is 47.2. The molecule has 0 spiro atoms. The summed E-state index contributed by atoms with van der Waals surface area (Å²) in [4.78, 5) is 38.0. The predicted octanol–water partition coefficient (Wildman–Crippen LogP) is 17.5. The third kappa shape index (κ3) is 47.5. The fraction of sp³-hybridized carbons (Fsp3) is 0.944. The molecule has 356 valence electrons. The van der Waals surface area contributed by atoms with E-state index in [0.29, 0.717) is 19.3 Å². The molecule has 0 unspecified atom stereocenters. The van der Waals surface area contributed by atoms with Crippen LogP contribution in [0.5, 0.6) is 0 Å². The predicted molar refractivity (Wildman–Crippen MR) is 257 cm³/mol. The Balaban J connectivity index is 4.26. The molecule has 0 N–H and O–H groups in total. The first kappa shape index (κ1) is 58.4. The Bertz CT molecular complexity index is 903. The van der Waals surface area contributed by atoms with Crippen LogP contribution in [0.15, 0.2) is 0 Å². The summed E-state index contributed by atoms with van der Waals surface area (Å²) in [6.07, 6.45) is 50.9. The summed E-state index contributed by atoms with van der Waals surface area (Å²) in [5, 5.41) is 0. The second kappa shape index (κ2) is 48.4. The summed E-state index contributed by atoms with van der Waals surface area (Å²) in [5.41, 5.74) is 0. The highest BCUT2D eigenvalue weighted by Crippen LogP contribution is 2.17. The quantitative estimate of drug-likeness (QED) is 0.0345. The maximum Gasteiger partial charge on any atom is 0.306 e. The standard InChI is InChI=1S/C54H104O6/c1-5-7-9-11-13-15-17-18-19-20-21-22-23-25-30-34-38-42-46-53(56)59-49-51(48-58-52(55)45-41-37-33-29-24-16-14-12-10-8-6-2)60-54(57)47-43-39-35-31-27-26-28-32-36-40-44-50(3)4/h50-51H,5-49H2,1-4H3/t51-/m1/s1.